The first-order valence-corrected chi connectivity index (χ1v) is 9.32. The lowest BCUT2D eigenvalue weighted by Crippen LogP contribution is -2.51. The van der Waals surface area contributed by atoms with Gasteiger partial charge < -0.3 is 10.1 Å². The summed E-state index contributed by atoms with van der Waals surface area (Å²) in [5.74, 6) is -0.206. The van der Waals surface area contributed by atoms with Crippen LogP contribution in [0.15, 0.2) is 24.3 Å². The zero-order valence-corrected chi connectivity index (χ0v) is 15.0. The van der Waals surface area contributed by atoms with E-state index in [1.165, 1.54) is 18.2 Å². The van der Waals surface area contributed by atoms with E-state index in [2.05, 4.69) is 39.2 Å². The minimum atomic E-state index is -0.252. The first-order chi connectivity index (χ1) is 12.2. The molecular weight excluding hydrogens is 316 g/mol. The topological polar surface area (TPSA) is 58.6 Å². The van der Waals surface area contributed by atoms with Crippen LogP contribution in [0.5, 0.6) is 0 Å². The van der Waals surface area contributed by atoms with Gasteiger partial charge in [-0.3, -0.25) is 14.5 Å². The molecule has 136 valence electrons. The first kappa shape index (κ1) is 17.9. The minimum Gasteiger partial charge on any atom is -0.469 e. The summed E-state index contributed by atoms with van der Waals surface area (Å²) in [6, 6.07) is 9.50. The average Bonchev–Trinajstić information content (AvgIpc) is 3.06. The number of piperidine rings is 1. The highest BCUT2D eigenvalue weighted by atomic mass is 16.5. The highest BCUT2D eigenvalue weighted by Gasteiger charge is 2.30. The molecular formula is C20H28N2O3. The van der Waals surface area contributed by atoms with Crippen molar-refractivity contribution < 1.29 is 14.3 Å². The predicted molar refractivity (Wildman–Crippen MR) is 96.2 cm³/mol. The highest BCUT2D eigenvalue weighted by molar-refractivity contribution is 5.77. The third kappa shape index (κ3) is 4.82. The molecule has 0 unspecified atom stereocenters. The molecule has 0 radical (unpaired) electrons. The van der Waals surface area contributed by atoms with Crippen LogP contribution in [0.2, 0.25) is 0 Å². The monoisotopic (exact) mass is 344 g/mol. The van der Waals surface area contributed by atoms with Gasteiger partial charge in [-0.15, -0.1) is 0 Å². The van der Waals surface area contributed by atoms with E-state index < -0.39 is 0 Å². The van der Waals surface area contributed by atoms with Crippen LogP contribution < -0.4 is 5.32 Å². The smallest absolute Gasteiger partial charge is 0.305 e. The van der Waals surface area contributed by atoms with Crippen molar-refractivity contribution in [2.24, 2.45) is 0 Å². The summed E-state index contributed by atoms with van der Waals surface area (Å²) < 4.78 is 4.60. The number of amides is 1. The molecule has 0 saturated carbocycles. The molecule has 1 amide bonds. The summed E-state index contributed by atoms with van der Waals surface area (Å²) in [5.41, 5.74) is 2.95. The maximum absolute atomic E-state index is 12.1. The van der Waals surface area contributed by atoms with E-state index >= 15 is 0 Å². The van der Waals surface area contributed by atoms with Crippen molar-refractivity contribution in [2.75, 3.05) is 20.2 Å². The van der Waals surface area contributed by atoms with Gasteiger partial charge in [0.05, 0.1) is 7.11 Å². The number of carbonyl (C=O) groups excluding carboxylic acids is 2. The SMILES string of the molecule is COC(=O)CCCC(=O)N[C@@H]1CCCN(C2Cc3ccccc3C2)C1. The highest BCUT2D eigenvalue weighted by Crippen LogP contribution is 2.27. The standard InChI is InChI=1S/C20H28N2O3/c1-25-20(24)10-4-9-19(23)21-17-8-5-11-22(14-17)18-12-15-6-2-3-7-16(15)13-18/h2-3,6-7,17-18H,4-5,8-14H2,1H3,(H,21,23)/t17-/m1/s1. The Labute approximate surface area is 149 Å². The third-order valence-electron chi connectivity index (χ3n) is 5.38. The Bertz CT molecular complexity index is 592. The molecule has 1 aromatic rings. The van der Waals surface area contributed by atoms with Crippen LogP contribution in [0.4, 0.5) is 0 Å². The van der Waals surface area contributed by atoms with Gasteiger partial charge in [0.2, 0.25) is 5.91 Å². The van der Waals surface area contributed by atoms with Crippen molar-refractivity contribution >= 4 is 11.9 Å². The number of methoxy groups -OCH3 is 1. The fourth-order valence-corrected chi connectivity index (χ4v) is 4.04. The van der Waals surface area contributed by atoms with Crippen LogP contribution in [0.25, 0.3) is 0 Å². The quantitative estimate of drug-likeness (QED) is 0.803. The van der Waals surface area contributed by atoms with E-state index in [0.717, 1.165) is 38.8 Å². The van der Waals surface area contributed by atoms with Gasteiger partial charge in [-0.05, 0) is 49.8 Å². The number of benzene rings is 1. The molecule has 1 atom stereocenters. The van der Waals surface area contributed by atoms with Gasteiger partial charge in [-0.1, -0.05) is 24.3 Å². The number of hydrogen-bond acceptors (Lipinski definition) is 4. The van der Waals surface area contributed by atoms with Gasteiger partial charge in [0.1, 0.15) is 0 Å². The normalized spacial score (nSPS) is 20.9. The fraction of sp³-hybridized carbons (Fsp3) is 0.600. The molecule has 1 heterocycles. The largest absolute Gasteiger partial charge is 0.469 e. The molecule has 25 heavy (non-hydrogen) atoms. The first-order valence-electron chi connectivity index (χ1n) is 9.32. The number of nitrogens with one attached hydrogen (secondary N) is 1. The fourth-order valence-electron chi connectivity index (χ4n) is 4.04. The molecule has 1 aliphatic heterocycles. The van der Waals surface area contributed by atoms with Crippen molar-refractivity contribution in [3.8, 4) is 0 Å². The van der Waals surface area contributed by atoms with Crippen LogP contribution >= 0.6 is 0 Å². The lowest BCUT2D eigenvalue weighted by atomic mass is 10.0. The van der Waals surface area contributed by atoms with Gasteiger partial charge in [0, 0.05) is 31.5 Å². The van der Waals surface area contributed by atoms with Gasteiger partial charge in [-0.2, -0.15) is 0 Å². The van der Waals surface area contributed by atoms with Crippen LogP contribution in [0, 0.1) is 0 Å². The zero-order chi connectivity index (χ0) is 17.6. The molecule has 3 rings (SSSR count). The summed E-state index contributed by atoms with van der Waals surface area (Å²) in [6.45, 7) is 2.05. The predicted octanol–water partition coefficient (Wildman–Crippen LogP) is 2.08. The van der Waals surface area contributed by atoms with Crippen molar-refractivity contribution in [1.29, 1.82) is 0 Å². The molecule has 1 saturated heterocycles. The minimum absolute atomic E-state index is 0.0467. The molecule has 5 heteroatoms. The van der Waals surface area contributed by atoms with Crippen LogP contribution in [0.1, 0.15) is 43.2 Å². The summed E-state index contributed by atoms with van der Waals surface area (Å²) in [5, 5.41) is 3.15. The second kappa shape index (κ2) is 8.48. The lowest BCUT2D eigenvalue weighted by Gasteiger charge is -2.37. The average molecular weight is 344 g/mol. The summed E-state index contributed by atoms with van der Waals surface area (Å²) in [6.07, 6.45) is 5.65. The number of nitrogens with zero attached hydrogens (tertiary/aromatic N) is 1. The molecule has 1 fully saturated rings. The van der Waals surface area contributed by atoms with Crippen molar-refractivity contribution in [1.82, 2.24) is 10.2 Å². The lowest BCUT2D eigenvalue weighted by molar-refractivity contribution is -0.140. The zero-order valence-electron chi connectivity index (χ0n) is 15.0. The van der Waals surface area contributed by atoms with Gasteiger partial charge in [0.15, 0.2) is 0 Å². The van der Waals surface area contributed by atoms with Gasteiger partial charge in [-0.25, -0.2) is 0 Å². The molecule has 1 aliphatic carbocycles. The van der Waals surface area contributed by atoms with Crippen LogP contribution in [0.3, 0.4) is 0 Å². The number of likely N-dealkylation sites (tertiary alicyclic amines) is 1. The Balaban J connectivity index is 1.44. The van der Waals surface area contributed by atoms with Crippen LogP contribution in [-0.2, 0) is 27.2 Å². The van der Waals surface area contributed by atoms with E-state index in [1.807, 2.05) is 0 Å². The Kier molecular flexibility index (Phi) is 6.08. The van der Waals surface area contributed by atoms with Gasteiger partial charge >= 0.3 is 5.97 Å². The molecule has 1 aromatic carbocycles. The Morgan fingerprint density at radius 3 is 2.60 bits per heavy atom. The number of fused-ring (bicyclic) bond motifs is 1. The molecule has 5 nitrogen and oxygen atoms in total. The maximum atomic E-state index is 12.1. The third-order valence-corrected chi connectivity index (χ3v) is 5.38. The number of hydrogen-bond donors (Lipinski definition) is 1. The molecule has 0 aromatic heterocycles. The second-order valence-electron chi connectivity index (χ2n) is 7.16. The Morgan fingerprint density at radius 2 is 1.92 bits per heavy atom. The number of carbonyl (C=O) groups is 2. The summed E-state index contributed by atoms with van der Waals surface area (Å²) in [4.78, 5) is 25.8. The van der Waals surface area contributed by atoms with Crippen molar-refractivity contribution in [3.63, 3.8) is 0 Å². The van der Waals surface area contributed by atoms with E-state index in [1.54, 1.807) is 0 Å². The van der Waals surface area contributed by atoms with E-state index in [9.17, 15) is 9.59 Å². The Morgan fingerprint density at radius 1 is 1.20 bits per heavy atom. The van der Waals surface area contributed by atoms with Gasteiger partial charge in [0.25, 0.3) is 0 Å². The van der Waals surface area contributed by atoms with Crippen molar-refractivity contribution in [2.45, 2.75) is 57.0 Å². The van der Waals surface area contributed by atoms with Crippen molar-refractivity contribution in [3.05, 3.63) is 35.4 Å². The van der Waals surface area contributed by atoms with E-state index in [4.69, 9.17) is 0 Å². The molecule has 2 aliphatic rings. The van der Waals surface area contributed by atoms with E-state index in [-0.39, 0.29) is 17.9 Å². The Hall–Kier alpha value is -1.88. The molecule has 1 N–H and O–H groups in total. The molecule has 0 bridgehead atoms. The second-order valence-corrected chi connectivity index (χ2v) is 7.16. The number of rotatable bonds is 6. The van der Waals surface area contributed by atoms with Crippen LogP contribution in [-0.4, -0.2) is 49.1 Å². The van der Waals surface area contributed by atoms with E-state index in [0.29, 0.717) is 25.3 Å². The maximum Gasteiger partial charge on any atom is 0.305 e. The summed E-state index contributed by atoms with van der Waals surface area (Å²) in [7, 11) is 1.38. The molecule has 0 spiro atoms. The number of esters is 1. The number of ether oxygens (including phenoxy) is 1. The summed E-state index contributed by atoms with van der Waals surface area (Å²) >= 11 is 0.